The topological polar surface area (TPSA) is 61.4 Å². The standard InChI is InChI=1S/C21H27N3O2S/c1-16(7-8-17-5-3-2-4-6-17)22-21(26)24-12-9-19(10-13-24)23-20(25)18-11-14-27-15-18/h2-6,11,14-16,19H,7-10,12-13H2,1H3,(H,22,26)(H,23,25). The molecule has 5 nitrogen and oxygen atoms in total. The first-order valence-corrected chi connectivity index (χ1v) is 10.5. The summed E-state index contributed by atoms with van der Waals surface area (Å²) in [6.07, 6.45) is 3.46. The summed E-state index contributed by atoms with van der Waals surface area (Å²) in [6.45, 7) is 3.40. The molecule has 1 saturated heterocycles. The van der Waals surface area contributed by atoms with Crippen LogP contribution in [0.3, 0.4) is 0 Å². The third-order valence-corrected chi connectivity index (χ3v) is 5.66. The third-order valence-electron chi connectivity index (χ3n) is 4.98. The van der Waals surface area contributed by atoms with Crippen LogP contribution in [0, 0.1) is 0 Å². The first-order chi connectivity index (χ1) is 13.1. The van der Waals surface area contributed by atoms with E-state index in [9.17, 15) is 9.59 Å². The lowest BCUT2D eigenvalue weighted by Gasteiger charge is -2.33. The monoisotopic (exact) mass is 385 g/mol. The van der Waals surface area contributed by atoms with Gasteiger partial charge in [0, 0.05) is 36.1 Å². The molecule has 1 atom stereocenters. The molecule has 1 aromatic carbocycles. The van der Waals surface area contributed by atoms with Gasteiger partial charge in [-0.25, -0.2) is 4.79 Å². The molecule has 0 aliphatic carbocycles. The van der Waals surface area contributed by atoms with Gasteiger partial charge in [0.05, 0.1) is 0 Å². The van der Waals surface area contributed by atoms with Gasteiger partial charge in [-0.05, 0) is 49.6 Å². The quantitative estimate of drug-likeness (QED) is 0.797. The van der Waals surface area contributed by atoms with Crippen molar-refractivity contribution in [3.63, 3.8) is 0 Å². The summed E-state index contributed by atoms with van der Waals surface area (Å²) in [7, 11) is 0. The molecule has 2 aromatic rings. The molecule has 27 heavy (non-hydrogen) atoms. The van der Waals surface area contributed by atoms with Gasteiger partial charge in [-0.15, -0.1) is 0 Å². The lowest BCUT2D eigenvalue weighted by molar-refractivity contribution is 0.0918. The Labute approximate surface area is 164 Å². The molecular weight excluding hydrogens is 358 g/mol. The fourth-order valence-electron chi connectivity index (χ4n) is 3.29. The Hall–Kier alpha value is -2.34. The molecule has 2 N–H and O–H groups in total. The summed E-state index contributed by atoms with van der Waals surface area (Å²) in [5.41, 5.74) is 2.01. The fraction of sp³-hybridized carbons (Fsp3) is 0.429. The van der Waals surface area contributed by atoms with Crippen LogP contribution in [-0.2, 0) is 6.42 Å². The Morgan fingerprint density at radius 1 is 1.19 bits per heavy atom. The zero-order valence-electron chi connectivity index (χ0n) is 15.7. The number of amides is 3. The largest absolute Gasteiger partial charge is 0.349 e. The van der Waals surface area contributed by atoms with Gasteiger partial charge in [0.25, 0.3) is 5.91 Å². The molecule has 3 amide bonds. The van der Waals surface area contributed by atoms with E-state index in [0.717, 1.165) is 25.7 Å². The van der Waals surface area contributed by atoms with Crippen LogP contribution in [0.4, 0.5) is 4.79 Å². The Kier molecular flexibility index (Phi) is 6.87. The number of aryl methyl sites for hydroxylation is 1. The number of nitrogens with zero attached hydrogens (tertiary/aromatic N) is 1. The molecule has 3 rings (SSSR count). The van der Waals surface area contributed by atoms with E-state index in [1.54, 1.807) is 0 Å². The first kappa shape index (κ1) is 19.4. The average Bonchev–Trinajstić information content (AvgIpc) is 3.23. The van der Waals surface area contributed by atoms with Gasteiger partial charge >= 0.3 is 6.03 Å². The van der Waals surface area contributed by atoms with Gasteiger partial charge in [0.15, 0.2) is 0 Å². The van der Waals surface area contributed by atoms with Crippen LogP contribution in [-0.4, -0.2) is 42.0 Å². The number of thiophene rings is 1. The van der Waals surface area contributed by atoms with E-state index in [1.165, 1.54) is 16.9 Å². The lowest BCUT2D eigenvalue weighted by atomic mass is 10.0. The van der Waals surface area contributed by atoms with E-state index in [-0.39, 0.29) is 24.0 Å². The lowest BCUT2D eigenvalue weighted by Crippen LogP contribution is -2.51. The maximum atomic E-state index is 12.5. The van der Waals surface area contributed by atoms with Crippen molar-refractivity contribution in [3.8, 4) is 0 Å². The highest BCUT2D eigenvalue weighted by atomic mass is 32.1. The summed E-state index contributed by atoms with van der Waals surface area (Å²) in [5, 5.41) is 9.93. The van der Waals surface area contributed by atoms with Crippen molar-refractivity contribution in [2.24, 2.45) is 0 Å². The number of benzene rings is 1. The van der Waals surface area contributed by atoms with E-state index in [0.29, 0.717) is 18.7 Å². The number of hydrogen-bond donors (Lipinski definition) is 2. The van der Waals surface area contributed by atoms with Gasteiger partial charge in [0.2, 0.25) is 0 Å². The second-order valence-corrected chi connectivity index (χ2v) is 7.90. The molecule has 0 radical (unpaired) electrons. The number of piperidine rings is 1. The van der Waals surface area contributed by atoms with E-state index in [1.807, 2.05) is 39.9 Å². The van der Waals surface area contributed by atoms with E-state index in [2.05, 4.69) is 29.7 Å². The molecule has 6 heteroatoms. The van der Waals surface area contributed by atoms with Crippen molar-refractivity contribution in [1.82, 2.24) is 15.5 Å². The van der Waals surface area contributed by atoms with E-state index < -0.39 is 0 Å². The van der Waals surface area contributed by atoms with Crippen molar-refractivity contribution in [2.75, 3.05) is 13.1 Å². The van der Waals surface area contributed by atoms with Crippen LogP contribution in [0.5, 0.6) is 0 Å². The molecule has 1 aliphatic heterocycles. The fourth-order valence-corrected chi connectivity index (χ4v) is 3.93. The highest BCUT2D eigenvalue weighted by molar-refractivity contribution is 7.08. The zero-order valence-corrected chi connectivity index (χ0v) is 16.5. The molecular formula is C21H27N3O2S. The Morgan fingerprint density at radius 3 is 2.59 bits per heavy atom. The number of rotatable bonds is 6. The maximum absolute atomic E-state index is 12.5. The van der Waals surface area contributed by atoms with Crippen LogP contribution < -0.4 is 10.6 Å². The molecule has 0 saturated carbocycles. The predicted octanol–water partition coefficient (Wildman–Crippen LogP) is 3.67. The third kappa shape index (κ3) is 5.82. The Balaban J connectivity index is 1.37. The Bertz CT molecular complexity index is 725. The van der Waals surface area contributed by atoms with Gasteiger partial charge in [-0.3, -0.25) is 4.79 Å². The maximum Gasteiger partial charge on any atom is 0.317 e. The second kappa shape index (κ2) is 9.55. The van der Waals surface area contributed by atoms with Crippen molar-refractivity contribution in [2.45, 2.75) is 44.7 Å². The number of likely N-dealkylation sites (tertiary alicyclic amines) is 1. The van der Waals surface area contributed by atoms with Crippen LogP contribution in [0.1, 0.15) is 42.1 Å². The summed E-state index contributed by atoms with van der Waals surface area (Å²) in [6, 6.07) is 12.4. The molecule has 144 valence electrons. The molecule has 1 aromatic heterocycles. The van der Waals surface area contributed by atoms with Gasteiger partial charge in [0.1, 0.15) is 0 Å². The number of carbonyl (C=O) groups is 2. The average molecular weight is 386 g/mol. The van der Waals surface area contributed by atoms with Crippen molar-refractivity contribution >= 4 is 23.3 Å². The van der Waals surface area contributed by atoms with Crippen molar-refractivity contribution < 1.29 is 9.59 Å². The minimum atomic E-state index is -0.0197. The number of nitrogens with one attached hydrogen (secondary N) is 2. The summed E-state index contributed by atoms with van der Waals surface area (Å²) >= 11 is 1.52. The SMILES string of the molecule is CC(CCc1ccccc1)NC(=O)N1CCC(NC(=O)c2ccsc2)CC1. The van der Waals surface area contributed by atoms with Crippen LogP contribution >= 0.6 is 11.3 Å². The number of carbonyl (C=O) groups excluding carboxylic acids is 2. The van der Waals surface area contributed by atoms with Gasteiger partial charge < -0.3 is 15.5 Å². The summed E-state index contributed by atoms with van der Waals surface area (Å²) in [5.74, 6) is -0.0197. The molecule has 0 bridgehead atoms. The first-order valence-electron chi connectivity index (χ1n) is 9.54. The Morgan fingerprint density at radius 2 is 1.93 bits per heavy atom. The minimum absolute atomic E-state index is 0.00169. The summed E-state index contributed by atoms with van der Waals surface area (Å²) in [4.78, 5) is 26.4. The normalized spacial score (nSPS) is 16.0. The minimum Gasteiger partial charge on any atom is -0.349 e. The molecule has 1 aliphatic rings. The second-order valence-electron chi connectivity index (χ2n) is 7.12. The van der Waals surface area contributed by atoms with Crippen LogP contribution in [0.15, 0.2) is 47.2 Å². The highest BCUT2D eigenvalue weighted by Gasteiger charge is 2.24. The van der Waals surface area contributed by atoms with Gasteiger partial charge in [-0.2, -0.15) is 11.3 Å². The van der Waals surface area contributed by atoms with Crippen LogP contribution in [0.2, 0.25) is 0 Å². The molecule has 0 spiro atoms. The van der Waals surface area contributed by atoms with Crippen LogP contribution in [0.25, 0.3) is 0 Å². The number of hydrogen-bond acceptors (Lipinski definition) is 3. The number of urea groups is 1. The van der Waals surface area contributed by atoms with Gasteiger partial charge in [-0.1, -0.05) is 30.3 Å². The highest BCUT2D eigenvalue weighted by Crippen LogP contribution is 2.13. The van der Waals surface area contributed by atoms with Crippen molar-refractivity contribution in [3.05, 3.63) is 58.3 Å². The summed E-state index contributed by atoms with van der Waals surface area (Å²) < 4.78 is 0. The molecule has 2 heterocycles. The predicted molar refractivity (Wildman–Crippen MR) is 109 cm³/mol. The smallest absolute Gasteiger partial charge is 0.317 e. The molecule has 1 unspecified atom stereocenters. The van der Waals surface area contributed by atoms with Crippen molar-refractivity contribution in [1.29, 1.82) is 0 Å². The zero-order chi connectivity index (χ0) is 19.1. The van der Waals surface area contributed by atoms with E-state index >= 15 is 0 Å². The molecule has 1 fully saturated rings. The van der Waals surface area contributed by atoms with E-state index in [4.69, 9.17) is 0 Å².